The molecule has 0 bridgehead atoms. The average molecular weight is 289 g/mol. The third kappa shape index (κ3) is 1.93. The van der Waals surface area contributed by atoms with E-state index in [9.17, 15) is 4.79 Å². The Kier molecular flexibility index (Phi) is 2.63. The fourth-order valence-electron chi connectivity index (χ4n) is 2.54. The number of aromatic nitrogens is 4. The molecule has 0 saturated heterocycles. The molecule has 0 N–H and O–H groups in total. The third-order valence-electron chi connectivity index (χ3n) is 3.89. The van der Waals surface area contributed by atoms with Gasteiger partial charge in [0.05, 0.1) is 11.6 Å². The smallest absolute Gasteiger partial charge is 0.273 e. The maximum atomic E-state index is 12.5. The number of hydrogen-bond acceptors (Lipinski definition) is 5. The number of carbonyl (C=O) groups excluding carboxylic acids is 1. The Balaban J connectivity index is 1.54. The summed E-state index contributed by atoms with van der Waals surface area (Å²) in [5.41, 5.74) is 0.585. The fraction of sp³-hybridized carbons (Fsp3) is 0.538. The van der Waals surface area contributed by atoms with E-state index >= 15 is 0 Å². The van der Waals surface area contributed by atoms with E-state index in [0.717, 1.165) is 23.2 Å². The predicted molar refractivity (Wildman–Crippen MR) is 73.6 cm³/mol. The summed E-state index contributed by atoms with van der Waals surface area (Å²) in [6.45, 7) is 3.92. The lowest BCUT2D eigenvalue weighted by Gasteiger charge is -2.26. The molecule has 2 aliphatic rings. The molecule has 0 unspecified atom stereocenters. The molecular formula is C13H15N5OS. The molecule has 0 radical (unpaired) electrons. The molecule has 20 heavy (non-hydrogen) atoms. The quantitative estimate of drug-likeness (QED) is 0.842. The maximum absolute atomic E-state index is 12.5. The summed E-state index contributed by atoms with van der Waals surface area (Å²) in [6, 6.07) is 0. The van der Waals surface area contributed by atoms with Crippen LogP contribution in [0.3, 0.4) is 0 Å². The van der Waals surface area contributed by atoms with E-state index in [2.05, 4.69) is 19.7 Å². The van der Waals surface area contributed by atoms with Crippen LogP contribution in [-0.2, 0) is 13.1 Å². The van der Waals surface area contributed by atoms with E-state index in [1.54, 1.807) is 11.3 Å². The van der Waals surface area contributed by atoms with E-state index < -0.39 is 0 Å². The Hall–Kier alpha value is -1.76. The molecule has 1 saturated carbocycles. The number of carbonyl (C=O) groups is 1. The van der Waals surface area contributed by atoms with Crippen LogP contribution in [0.2, 0.25) is 0 Å². The van der Waals surface area contributed by atoms with Crippen molar-refractivity contribution in [3.8, 4) is 0 Å². The summed E-state index contributed by atoms with van der Waals surface area (Å²) in [5, 5.41) is 11.2. The van der Waals surface area contributed by atoms with Gasteiger partial charge >= 0.3 is 0 Å². The van der Waals surface area contributed by atoms with Crippen LogP contribution in [0.5, 0.6) is 0 Å². The van der Waals surface area contributed by atoms with Gasteiger partial charge in [-0.3, -0.25) is 4.79 Å². The molecule has 4 rings (SSSR count). The summed E-state index contributed by atoms with van der Waals surface area (Å²) in [6.07, 6.45) is 2.43. The second-order valence-corrected chi connectivity index (χ2v) is 6.28. The Morgan fingerprint density at radius 3 is 3.00 bits per heavy atom. The highest BCUT2D eigenvalue weighted by molar-refractivity contribution is 7.10. The Morgan fingerprint density at radius 2 is 2.20 bits per heavy atom. The zero-order valence-electron chi connectivity index (χ0n) is 11.2. The molecule has 6 nitrogen and oxygen atoms in total. The second-order valence-electron chi connectivity index (χ2n) is 5.39. The van der Waals surface area contributed by atoms with Crippen LogP contribution < -0.4 is 0 Å². The number of amides is 1. The van der Waals surface area contributed by atoms with E-state index in [1.807, 2.05) is 17.2 Å². The standard InChI is InChI=1S/C13H15N5OS/c1-8-15-16-11-6-17(4-5-18(8)11)13(19)10-7-20-12(14-10)9-2-3-9/h7,9H,2-6H2,1H3. The van der Waals surface area contributed by atoms with Crippen molar-refractivity contribution in [2.75, 3.05) is 6.54 Å². The van der Waals surface area contributed by atoms with Crippen molar-refractivity contribution in [2.45, 2.75) is 38.8 Å². The van der Waals surface area contributed by atoms with E-state index in [4.69, 9.17) is 0 Å². The second kappa shape index (κ2) is 4.37. The minimum atomic E-state index is 0.0139. The molecule has 0 spiro atoms. The molecule has 104 valence electrons. The maximum Gasteiger partial charge on any atom is 0.273 e. The first-order valence-corrected chi connectivity index (χ1v) is 7.73. The van der Waals surface area contributed by atoms with Crippen molar-refractivity contribution < 1.29 is 4.79 Å². The number of fused-ring (bicyclic) bond motifs is 1. The summed E-state index contributed by atoms with van der Waals surface area (Å²) < 4.78 is 2.07. The molecule has 7 heteroatoms. The zero-order valence-corrected chi connectivity index (χ0v) is 12.1. The Morgan fingerprint density at radius 1 is 1.35 bits per heavy atom. The highest BCUT2D eigenvalue weighted by atomic mass is 32.1. The molecule has 2 aromatic heterocycles. The van der Waals surface area contributed by atoms with Gasteiger partial charge in [0.15, 0.2) is 5.82 Å². The number of thiazole rings is 1. The summed E-state index contributed by atoms with van der Waals surface area (Å²) in [7, 11) is 0. The summed E-state index contributed by atoms with van der Waals surface area (Å²) in [5.74, 6) is 2.39. The van der Waals surface area contributed by atoms with Crippen molar-refractivity contribution >= 4 is 17.2 Å². The Labute approximate surface area is 120 Å². The molecule has 0 atom stereocenters. The van der Waals surface area contributed by atoms with Gasteiger partial charge in [0, 0.05) is 24.4 Å². The molecule has 0 aromatic carbocycles. The van der Waals surface area contributed by atoms with Crippen molar-refractivity contribution in [2.24, 2.45) is 0 Å². The average Bonchev–Trinajstić information content (AvgIpc) is 3.09. The van der Waals surface area contributed by atoms with Gasteiger partial charge < -0.3 is 9.47 Å². The van der Waals surface area contributed by atoms with E-state index in [-0.39, 0.29) is 5.91 Å². The minimum Gasteiger partial charge on any atom is -0.328 e. The summed E-state index contributed by atoms with van der Waals surface area (Å²) >= 11 is 1.61. The van der Waals surface area contributed by atoms with Gasteiger partial charge in [0.1, 0.15) is 11.5 Å². The molecule has 2 aromatic rings. The normalized spacial score (nSPS) is 18.1. The van der Waals surface area contributed by atoms with Gasteiger partial charge in [0.2, 0.25) is 0 Å². The Bertz CT molecular complexity index is 672. The van der Waals surface area contributed by atoms with Crippen molar-refractivity contribution in [1.82, 2.24) is 24.6 Å². The lowest BCUT2D eigenvalue weighted by molar-refractivity contribution is 0.0701. The lowest BCUT2D eigenvalue weighted by Crippen LogP contribution is -2.38. The van der Waals surface area contributed by atoms with Crippen LogP contribution in [0.15, 0.2) is 5.38 Å². The van der Waals surface area contributed by atoms with Crippen LogP contribution in [0, 0.1) is 6.92 Å². The largest absolute Gasteiger partial charge is 0.328 e. The molecule has 1 aliphatic carbocycles. The lowest BCUT2D eigenvalue weighted by atomic mass is 10.3. The van der Waals surface area contributed by atoms with Gasteiger partial charge in [-0.05, 0) is 19.8 Å². The first kappa shape index (κ1) is 12.0. The van der Waals surface area contributed by atoms with Crippen LogP contribution in [0.1, 0.15) is 45.9 Å². The highest BCUT2D eigenvalue weighted by Crippen LogP contribution is 2.41. The van der Waals surface area contributed by atoms with Gasteiger partial charge in [-0.15, -0.1) is 21.5 Å². The van der Waals surface area contributed by atoms with Crippen LogP contribution in [0.25, 0.3) is 0 Å². The first-order chi connectivity index (χ1) is 9.72. The fourth-order valence-corrected chi connectivity index (χ4v) is 3.51. The van der Waals surface area contributed by atoms with Crippen molar-refractivity contribution in [3.63, 3.8) is 0 Å². The summed E-state index contributed by atoms with van der Waals surface area (Å²) in [4.78, 5) is 18.8. The molecule has 1 amide bonds. The SMILES string of the molecule is Cc1nnc2n1CCN(C(=O)c1csc(C3CC3)n1)C2. The molecule has 3 heterocycles. The van der Waals surface area contributed by atoms with Gasteiger partial charge in [-0.25, -0.2) is 4.98 Å². The van der Waals surface area contributed by atoms with Gasteiger partial charge in [0.25, 0.3) is 5.91 Å². The van der Waals surface area contributed by atoms with Crippen LogP contribution in [-0.4, -0.2) is 37.1 Å². The topological polar surface area (TPSA) is 63.9 Å². The van der Waals surface area contributed by atoms with E-state index in [0.29, 0.717) is 24.7 Å². The highest BCUT2D eigenvalue weighted by Gasteiger charge is 2.29. The number of hydrogen-bond donors (Lipinski definition) is 0. The van der Waals surface area contributed by atoms with Crippen LogP contribution >= 0.6 is 11.3 Å². The monoisotopic (exact) mass is 289 g/mol. The molecule has 1 aliphatic heterocycles. The van der Waals surface area contributed by atoms with Gasteiger partial charge in [-0.2, -0.15) is 0 Å². The minimum absolute atomic E-state index is 0.0139. The zero-order chi connectivity index (χ0) is 13.7. The first-order valence-electron chi connectivity index (χ1n) is 6.86. The number of aryl methyl sites for hydroxylation is 1. The van der Waals surface area contributed by atoms with Crippen molar-refractivity contribution in [3.05, 3.63) is 27.7 Å². The number of nitrogens with zero attached hydrogens (tertiary/aromatic N) is 5. The third-order valence-corrected chi connectivity index (χ3v) is 4.90. The van der Waals surface area contributed by atoms with Crippen LogP contribution in [0.4, 0.5) is 0 Å². The van der Waals surface area contributed by atoms with E-state index in [1.165, 1.54) is 12.8 Å². The predicted octanol–water partition coefficient (Wildman–Crippen LogP) is 1.58. The molecule has 1 fully saturated rings. The van der Waals surface area contributed by atoms with Gasteiger partial charge in [-0.1, -0.05) is 0 Å². The van der Waals surface area contributed by atoms with Crippen molar-refractivity contribution in [1.29, 1.82) is 0 Å². The molecular weight excluding hydrogens is 274 g/mol. The number of rotatable bonds is 2.